The Bertz CT molecular complexity index is 859. The van der Waals surface area contributed by atoms with Gasteiger partial charge in [0.2, 0.25) is 5.91 Å². The Morgan fingerprint density at radius 1 is 1.19 bits per heavy atom. The molecule has 1 saturated carbocycles. The SMILES string of the molecule is C=CC(=O)NC1CN(C(=O)c2ncccc2-c2ccccc2)CC12CC2. The Morgan fingerprint density at radius 3 is 2.65 bits per heavy atom. The van der Waals surface area contributed by atoms with Gasteiger partial charge in [-0.15, -0.1) is 0 Å². The minimum absolute atomic E-state index is 0.0131. The molecule has 1 aromatic heterocycles. The van der Waals surface area contributed by atoms with E-state index in [2.05, 4.69) is 16.9 Å². The lowest BCUT2D eigenvalue weighted by Crippen LogP contribution is -2.41. The fourth-order valence-corrected chi connectivity index (χ4v) is 3.80. The van der Waals surface area contributed by atoms with Crippen LogP contribution < -0.4 is 5.32 Å². The van der Waals surface area contributed by atoms with Gasteiger partial charge in [0.15, 0.2) is 0 Å². The highest BCUT2D eigenvalue weighted by Gasteiger charge is 2.56. The summed E-state index contributed by atoms with van der Waals surface area (Å²) in [6.07, 6.45) is 5.01. The summed E-state index contributed by atoms with van der Waals surface area (Å²) in [5.41, 5.74) is 2.29. The molecule has 5 nitrogen and oxygen atoms in total. The highest BCUT2D eigenvalue weighted by atomic mass is 16.2. The zero-order chi connectivity index (χ0) is 18.1. The maximum absolute atomic E-state index is 13.2. The number of nitrogens with one attached hydrogen (secondary N) is 1. The van der Waals surface area contributed by atoms with E-state index in [9.17, 15) is 9.59 Å². The second kappa shape index (κ2) is 6.41. The molecule has 26 heavy (non-hydrogen) atoms. The summed E-state index contributed by atoms with van der Waals surface area (Å²) in [5.74, 6) is -0.260. The van der Waals surface area contributed by atoms with Crippen LogP contribution in [0.2, 0.25) is 0 Å². The number of hydrogen-bond acceptors (Lipinski definition) is 3. The molecule has 1 aliphatic carbocycles. The lowest BCUT2D eigenvalue weighted by atomic mass is 10.0. The molecular weight excluding hydrogens is 326 g/mol. The molecule has 1 unspecified atom stereocenters. The van der Waals surface area contributed by atoms with Gasteiger partial charge in [0.25, 0.3) is 5.91 Å². The number of amides is 2. The zero-order valence-electron chi connectivity index (χ0n) is 14.5. The largest absolute Gasteiger partial charge is 0.347 e. The Hall–Kier alpha value is -2.95. The van der Waals surface area contributed by atoms with E-state index < -0.39 is 0 Å². The number of rotatable bonds is 4. The van der Waals surface area contributed by atoms with Gasteiger partial charge in [-0.2, -0.15) is 0 Å². The Labute approximate surface area is 152 Å². The van der Waals surface area contributed by atoms with Crippen molar-refractivity contribution in [2.24, 2.45) is 5.41 Å². The monoisotopic (exact) mass is 347 g/mol. The highest BCUT2D eigenvalue weighted by Crippen LogP contribution is 2.53. The van der Waals surface area contributed by atoms with Crippen LogP contribution in [-0.2, 0) is 4.79 Å². The van der Waals surface area contributed by atoms with E-state index in [0.717, 1.165) is 24.0 Å². The molecule has 0 radical (unpaired) electrons. The smallest absolute Gasteiger partial charge is 0.273 e. The summed E-state index contributed by atoms with van der Waals surface area (Å²) in [7, 11) is 0. The summed E-state index contributed by atoms with van der Waals surface area (Å²) in [5, 5.41) is 2.99. The van der Waals surface area contributed by atoms with E-state index in [1.54, 1.807) is 6.20 Å². The quantitative estimate of drug-likeness (QED) is 0.865. The van der Waals surface area contributed by atoms with Crippen molar-refractivity contribution < 1.29 is 9.59 Å². The van der Waals surface area contributed by atoms with E-state index >= 15 is 0 Å². The lowest BCUT2D eigenvalue weighted by Gasteiger charge is -2.18. The van der Waals surface area contributed by atoms with E-state index in [0.29, 0.717) is 18.8 Å². The number of nitrogens with zero attached hydrogens (tertiary/aromatic N) is 2. The molecule has 1 atom stereocenters. The zero-order valence-corrected chi connectivity index (χ0v) is 14.5. The van der Waals surface area contributed by atoms with Crippen LogP contribution in [0.3, 0.4) is 0 Å². The van der Waals surface area contributed by atoms with Crippen LogP contribution in [0.4, 0.5) is 0 Å². The topological polar surface area (TPSA) is 62.3 Å². The number of hydrogen-bond donors (Lipinski definition) is 1. The molecule has 2 amide bonds. The third kappa shape index (κ3) is 2.90. The number of benzene rings is 1. The van der Waals surface area contributed by atoms with Crippen molar-refractivity contribution in [1.29, 1.82) is 0 Å². The van der Waals surface area contributed by atoms with Gasteiger partial charge in [0, 0.05) is 30.3 Å². The number of carbonyl (C=O) groups excluding carboxylic acids is 2. The number of aromatic nitrogens is 1. The standard InChI is InChI=1S/C21H21N3O2/c1-2-18(25)23-17-13-24(14-21(17)10-11-21)20(26)19-16(9-6-12-22-19)15-7-4-3-5-8-15/h2-9,12,17H,1,10-11,13-14H2,(H,23,25). The Morgan fingerprint density at radius 2 is 1.96 bits per heavy atom. The summed E-state index contributed by atoms with van der Waals surface area (Å²) in [6, 6.07) is 13.6. The van der Waals surface area contributed by atoms with E-state index in [-0.39, 0.29) is 23.3 Å². The van der Waals surface area contributed by atoms with Crippen molar-refractivity contribution in [2.75, 3.05) is 13.1 Å². The molecule has 1 aliphatic heterocycles. The molecule has 0 bridgehead atoms. The van der Waals surface area contributed by atoms with Crippen molar-refractivity contribution in [2.45, 2.75) is 18.9 Å². The highest BCUT2D eigenvalue weighted by molar-refractivity contribution is 5.99. The van der Waals surface area contributed by atoms with Crippen LogP contribution in [0.15, 0.2) is 61.3 Å². The molecule has 2 fully saturated rings. The third-order valence-corrected chi connectivity index (χ3v) is 5.42. The maximum atomic E-state index is 13.2. The molecule has 5 heteroatoms. The fraction of sp³-hybridized carbons (Fsp3) is 0.286. The van der Waals surface area contributed by atoms with Gasteiger partial charge >= 0.3 is 0 Å². The average molecular weight is 347 g/mol. The Kier molecular flexibility index (Phi) is 4.07. The minimum Gasteiger partial charge on any atom is -0.347 e. The van der Waals surface area contributed by atoms with Gasteiger partial charge in [-0.05, 0) is 30.5 Å². The average Bonchev–Trinajstić information content (AvgIpc) is 3.38. The molecule has 1 spiro atoms. The fourth-order valence-electron chi connectivity index (χ4n) is 3.80. The second-order valence-electron chi connectivity index (χ2n) is 7.08. The number of carbonyl (C=O) groups is 2. The molecular formula is C21H21N3O2. The van der Waals surface area contributed by atoms with Crippen molar-refractivity contribution in [1.82, 2.24) is 15.2 Å². The van der Waals surface area contributed by atoms with Crippen LogP contribution in [0, 0.1) is 5.41 Å². The molecule has 4 rings (SSSR count). The summed E-state index contributed by atoms with van der Waals surface area (Å²) in [4.78, 5) is 31.1. The van der Waals surface area contributed by atoms with E-state index in [1.807, 2.05) is 47.4 Å². The predicted molar refractivity (Wildman–Crippen MR) is 99.4 cm³/mol. The predicted octanol–water partition coefficient (Wildman–Crippen LogP) is 2.66. The van der Waals surface area contributed by atoms with Crippen molar-refractivity contribution >= 4 is 11.8 Å². The van der Waals surface area contributed by atoms with Crippen LogP contribution in [0.25, 0.3) is 11.1 Å². The van der Waals surface area contributed by atoms with Crippen molar-refractivity contribution in [3.8, 4) is 11.1 Å². The molecule has 2 aliphatic rings. The normalized spacial score (nSPS) is 20.0. The van der Waals surface area contributed by atoms with Gasteiger partial charge in [0.1, 0.15) is 5.69 Å². The van der Waals surface area contributed by atoms with Crippen LogP contribution in [0.5, 0.6) is 0 Å². The molecule has 1 aromatic carbocycles. The summed E-state index contributed by atoms with van der Waals surface area (Å²) >= 11 is 0. The van der Waals surface area contributed by atoms with Crippen LogP contribution in [0.1, 0.15) is 23.3 Å². The van der Waals surface area contributed by atoms with Gasteiger partial charge in [0.05, 0.1) is 6.04 Å². The number of likely N-dealkylation sites (tertiary alicyclic amines) is 1. The van der Waals surface area contributed by atoms with E-state index in [4.69, 9.17) is 0 Å². The molecule has 2 aromatic rings. The van der Waals surface area contributed by atoms with Crippen LogP contribution >= 0.6 is 0 Å². The van der Waals surface area contributed by atoms with Crippen molar-refractivity contribution in [3.05, 3.63) is 67.0 Å². The maximum Gasteiger partial charge on any atom is 0.273 e. The first-order valence-electron chi connectivity index (χ1n) is 8.86. The van der Waals surface area contributed by atoms with Gasteiger partial charge in [-0.1, -0.05) is 43.0 Å². The van der Waals surface area contributed by atoms with E-state index in [1.165, 1.54) is 6.08 Å². The van der Waals surface area contributed by atoms with Crippen LogP contribution in [-0.4, -0.2) is 40.8 Å². The first-order chi connectivity index (χ1) is 12.6. The summed E-state index contributed by atoms with van der Waals surface area (Å²) in [6.45, 7) is 4.70. The molecule has 1 saturated heterocycles. The first kappa shape index (κ1) is 16.5. The van der Waals surface area contributed by atoms with Gasteiger partial charge in [-0.3, -0.25) is 14.6 Å². The van der Waals surface area contributed by atoms with Gasteiger partial charge < -0.3 is 10.2 Å². The Balaban J connectivity index is 1.60. The lowest BCUT2D eigenvalue weighted by molar-refractivity contribution is -0.117. The first-order valence-corrected chi connectivity index (χ1v) is 8.86. The summed E-state index contributed by atoms with van der Waals surface area (Å²) < 4.78 is 0. The van der Waals surface area contributed by atoms with Crippen molar-refractivity contribution in [3.63, 3.8) is 0 Å². The minimum atomic E-state index is -0.182. The number of pyridine rings is 1. The molecule has 2 heterocycles. The molecule has 1 N–H and O–H groups in total. The second-order valence-corrected chi connectivity index (χ2v) is 7.08. The van der Waals surface area contributed by atoms with Gasteiger partial charge in [-0.25, -0.2) is 0 Å². The third-order valence-electron chi connectivity index (χ3n) is 5.42. The molecule has 132 valence electrons.